The quantitative estimate of drug-likeness (QED) is 0.822. The SMILES string of the molecule is CNCc1ccc(S(=O)(=O)NC(C)Cc2ccsc2)cc1. The van der Waals surface area contributed by atoms with E-state index >= 15 is 0 Å². The molecule has 0 radical (unpaired) electrons. The van der Waals surface area contributed by atoms with E-state index in [1.54, 1.807) is 23.5 Å². The molecule has 21 heavy (non-hydrogen) atoms. The molecule has 2 rings (SSSR count). The van der Waals surface area contributed by atoms with Gasteiger partial charge in [0.15, 0.2) is 0 Å². The van der Waals surface area contributed by atoms with Crippen LogP contribution < -0.4 is 10.0 Å². The highest BCUT2D eigenvalue weighted by atomic mass is 32.2. The molecule has 114 valence electrons. The highest BCUT2D eigenvalue weighted by molar-refractivity contribution is 7.89. The second-order valence-electron chi connectivity index (χ2n) is 5.03. The molecule has 0 saturated carbocycles. The molecular formula is C15H20N2O2S2. The maximum atomic E-state index is 12.3. The zero-order valence-corrected chi connectivity index (χ0v) is 13.8. The Kier molecular flexibility index (Phi) is 5.52. The Morgan fingerprint density at radius 3 is 2.43 bits per heavy atom. The first-order valence-corrected chi connectivity index (χ1v) is 9.21. The molecule has 0 spiro atoms. The van der Waals surface area contributed by atoms with Gasteiger partial charge >= 0.3 is 0 Å². The summed E-state index contributed by atoms with van der Waals surface area (Å²) in [5.41, 5.74) is 2.21. The minimum Gasteiger partial charge on any atom is -0.316 e. The van der Waals surface area contributed by atoms with Crippen molar-refractivity contribution in [2.24, 2.45) is 0 Å². The van der Waals surface area contributed by atoms with Crippen molar-refractivity contribution in [1.29, 1.82) is 0 Å². The fourth-order valence-electron chi connectivity index (χ4n) is 2.13. The van der Waals surface area contributed by atoms with Crippen molar-refractivity contribution in [2.45, 2.75) is 30.8 Å². The zero-order valence-electron chi connectivity index (χ0n) is 12.2. The normalized spacial score (nSPS) is 13.2. The van der Waals surface area contributed by atoms with Crippen LogP contribution in [0.2, 0.25) is 0 Å². The summed E-state index contributed by atoms with van der Waals surface area (Å²) >= 11 is 1.62. The molecule has 0 aliphatic carbocycles. The van der Waals surface area contributed by atoms with Gasteiger partial charge in [-0.05, 0) is 60.5 Å². The van der Waals surface area contributed by atoms with E-state index in [9.17, 15) is 8.42 Å². The van der Waals surface area contributed by atoms with Gasteiger partial charge in [0.2, 0.25) is 10.0 Å². The second kappa shape index (κ2) is 7.17. The average molecular weight is 324 g/mol. The van der Waals surface area contributed by atoms with Crippen LogP contribution in [0, 0.1) is 0 Å². The number of hydrogen-bond donors (Lipinski definition) is 2. The molecule has 1 atom stereocenters. The minimum atomic E-state index is -3.46. The highest BCUT2D eigenvalue weighted by Crippen LogP contribution is 2.13. The Morgan fingerprint density at radius 1 is 1.14 bits per heavy atom. The van der Waals surface area contributed by atoms with E-state index < -0.39 is 10.0 Å². The number of nitrogens with one attached hydrogen (secondary N) is 2. The lowest BCUT2D eigenvalue weighted by molar-refractivity contribution is 0.560. The molecule has 0 aliphatic heterocycles. The summed E-state index contributed by atoms with van der Waals surface area (Å²) in [7, 11) is -1.60. The van der Waals surface area contributed by atoms with Gasteiger partial charge in [0.25, 0.3) is 0 Å². The van der Waals surface area contributed by atoms with Crippen LogP contribution in [0.3, 0.4) is 0 Å². The third kappa shape index (κ3) is 4.64. The Morgan fingerprint density at radius 2 is 1.86 bits per heavy atom. The van der Waals surface area contributed by atoms with E-state index in [4.69, 9.17) is 0 Å². The predicted molar refractivity (Wildman–Crippen MR) is 87.0 cm³/mol. The molecule has 1 aromatic carbocycles. The smallest absolute Gasteiger partial charge is 0.240 e. The van der Waals surface area contributed by atoms with E-state index in [0.29, 0.717) is 11.3 Å². The number of benzene rings is 1. The number of hydrogen-bond acceptors (Lipinski definition) is 4. The monoisotopic (exact) mass is 324 g/mol. The number of thiophene rings is 1. The lowest BCUT2D eigenvalue weighted by atomic mass is 10.1. The van der Waals surface area contributed by atoms with Crippen LogP contribution in [-0.4, -0.2) is 21.5 Å². The molecule has 4 nitrogen and oxygen atoms in total. The van der Waals surface area contributed by atoms with Crippen LogP contribution in [0.4, 0.5) is 0 Å². The van der Waals surface area contributed by atoms with Gasteiger partial charge in [-0.2, -0.15) is 11.3 Å². The first-order chi connectivity index (χ1) is 10.0. The van der Waals surface area contributed by atoms with Gasteiger partial charge in [0, 0.05) is 12.6 Å². The molecule has 0 amide bonds. The van der Waals surface area contributed by atoms with Crippen molar-refractivity contribution < 1.29 is 8.42 Å². The van der Waals surface area contributed by atoms with Gasteiger partial charge in [-0.15, -0.1) is 0 Å². The predicted octanol–water partition coefficient (Wildman–Crippen LogP) is 2.38. The Balaban J connectivity index is 2.03. The summed E-state index contributed by atoms with van der Waals surface area (Å²) < 4.78 is 27.4. The van der Waals surface area contributed by atoms with E-state index in [1.807, 2.05) is 42.9 Å². The first kappa shape index (κ1) is 16.2. The molecular weight excluding hydrogens is 304 g/mol. The van der Waals surface area contributed by atoms with Gasteiger partial charge in [-0.1, -0.05) is 12.1 Å². The third-order valence-corrected chi connectivity index (χ3v) is 5.43. The summed E-state index contributed by atoms with van der Waals surface area (Å²) in [5, 5.41) is 7.07. The molecule has 2 aromatic rings. The molecule has 2 N–H and O–H groups in total. The van der Waals surface area contributed by atoms with Crippen molar-refractivity contribution in [1.82, 2.24) is 10.0 Å². The van der Waals surface area contributed by atoms with Crippen LogP contribution in [0.15, 0.2) is 46.0 Å². The fourth-order valence-corrected chi connectivity index (χ4v) is 4.05. The maximum absolute atomic E-state index is 12.3. The van der Waals surface area contributed by atoms with E-state index in [0.717, 1.165) is 17.7 Å². The Labute approximate surface area is 130 Å². The molecule has 0 fully saturated rings. The van der Waals surface area contributed by atoms with Crippen molar-refractivity contribution >= 4 is 21.4 Å². The fraction of sp³-hybridized carbons (Fsp3) is 0.333. The average Bonchev–Trinajstić information content (AvgIpc) is 2.92. The summed E-state index contributed by atoms with van der Waals surface area (Å²) in [4.78, 5) is 0.305. The largest absolute Gasteiger partial charge is 0.316 e. The van der Waals surface area contributed by atoms with Crippen molar-refractivity contribution in [3.63, 3.8) is 0 Å². The van der Waals surface area contributed by atoms with E-state index in [2.05, 4.69) is 10.0 Å². The van der Waals surface area contributed by atoms with Crippen LogP contribution in [0.1, 0.15) is 18.1 Å². The van der Waals surface area contributed by atoms with Crippen molar-refractivity contribution in [3.05, 3.63) is 52.2 Å². The van der Waals surface area contributed by atoms with Gasteiger partial charge in [0.05, 0.1) is 4.90 Å². The van der Waals surface area contributed by atoms with E-state index in [-0.39, 0.29) is 6.04 Å². The topological polar surface area (TPSA) is 58.2 Å². The summed E-state index contributed by atoms with van der Waals surface area (Å²) in [6.07, 6.45) is 0.695. The lowest BCUT2D eigenvalue weighted by Gasteiger charge is -2.14. The van der Waals surface area contributed by atoms with Crippen LogP contribution in [-0.2, 0) is 23.0 Å². The zero-order chi connectivity index (χ0) is 15.3. The lowest BCUT2D eigenvalue weighted by Crippen LogP contribution is -2.34. The summed E-state index contributed by atoms with van der Waals surface area (Å²) in [6, 6.07) is 8.82. The second-order valence-corrected chi connectivity index (χ2v) is 7.53. The van der Waals surface area contributed by atoms with Gasteiger partial charge in [-0.25, -0.2) is 13.1 Å². The maximum Gasteiger partial charge on any atom is 0.240 e. The third-order valence-electron chi connectivity index (χ3n) is 3.09. The molecule has 0 bridgehead atoms. The molecule has 0 aliphatic rings. The number of rotatable bonds is 7. The molecule has 1 heterocycles. The molecule has 6 heteroatoms. The summed E-state index contributed by atoms with van der Waals surface area (Å²) in [5.74, 6) is 0. The van der Waals surface area contributed by atoms with Gasteiger partial charge < -0.3 is 5.32 Å². The number of sulfonamides is 1. The van der Waals surface area contributed by atoms with E-state index in [1.165, 1.54) is 0 Å². The van der Waals surface area contributed by atoms with Gasteiger partial charge in [0.1, 0.15) is 0 Å². The first-order valence-electron chi connectivity index (χ1n) is 6.78. The standard InChI is InChI=1S/C15H20N2O2S2/c1-12(9-14-7-8-20-11-14)17-21(18,19)15-5-3-13(4-6-15)10-16-2/h3-8,11-12,16-17H,9-10H2,1-2H3. The molecule has 1 unspecified atom stereocenters. The van der Waals surface area contributed by atoms with Crippen LogP contribution >= 0.6 is 11.3 Å². The summed E-state index contributed by atoms with van der Waals surface area (Å²) in [6.45, 7) is 2.60. The molecule has 0 saturated heterocycles. The Bertz CT molecular complexity index is 649. The van der Waals surface area contributed by atoms with Crippen LogP contribution in [0.5, 0.6) is 0 Å². The highest BCUT2D eigenvalue weighted by Gasteiger charge is 2.17. The minimum absolute atomic E-state index is 0.137. The van der Waals surface area contributed by atoms with Crippen molar-refractivity contribution in [3.8, 4) is 0 Å². The van der Waals surface area contributed by atoms with Crippen LogP contribution in [0.25, 0.3) is 0 Å². The van der Waals surface area contributed by atoms with Crippen molar-refractivity contribution in [2.75, 3.05) is 7.05 Å². The Hall–Kier alpha value is -1.21. The molecule has 1 aromatic heterocycles. The van der Waals surface area contributed by atoms with Gasteiger partial charge in [-0.3, -0.25) is 0 Å².